The Kier molecular flexibility index (Phi) is 4.38. The monoisotopic (exact) mass is 307 g/mol. The van der Waals surface area contributed by atoms with Crippen LogP contribution in [-0.2, 0) is 6.54 Å². The fourth-order valence-corrected chi connectivity index (χ4v) is 2.40. The van der Waals surface area contributed by atoms with E-state index in [1.165, 1.54) is 0 Å². The molecular formula is C18H17N3O2. The minimum absolute atomic E-state index is 0.177. The van der Waals surface area contributed by atoms with Crippen LogP contribution in [0.15, 0.2) is 60.8 Å². The number of H-pyrrole nitrogens is 1. The molecule has 5 nitrogen and oxygen atoms in total. The molecule has 0 aliphatic rings. The molecule has 0 saturated heterocycles. The van der Waals surface area contributed by atoms with Crippen molar-refractivity contribution in [3.8, 4) is 17.0 Å². The van der Waals surface area contributed by atoms with E-state index < -0.39 is 0 Å². The van der Waals surface area contributed by atoms with Gasteiger partial charge in [-0.1, -0.05) is 48.5 Å². The normalized spacial score (nSPS) is 10.3. The summed E-state index contributed by atoms with van der Waals surface area (Å²) in [6.45, 7) is 0.391. The number of ether oxygens (including phenoxy) is 1. The van der Waals surface area contributed by atoms with Crippen molar-refractivity contribution in [2.45, 2.75) is 6.54 Å². The molecule has 0 unspecified atom stereocenters. The Morgan fingerprint density at radius 2 is 1.87 bits per heavy atom. The summed E-state index contributed by atoms with van der Waals surface area (Å²) in [5, 5.41) is 9.79. The van der Waals surface area contributed by atoms with Gasteiger partial charge in [0.1, 0.15) is 5.75 Å². The number of hydrogen-bond donors (Lipinski definition) is 2. The molecule has 0 aliphatic carbocycles. The molecule has 1 aromatic heterocycles. The van der Waals surface area contributed by atoms with Crippen LogP contribution >= 0.6 is 0 Å². The average molecular weight is 307 g/mol. The number of nitrogens with one attached hydrogen (secondary N) is 2. The van der Waals surface area contributed by atoms with Crippen LogP contribution < -0.4 is 10.1 Å². The van der Waals surface area contributed by atoms with Gasteiger partial charge >= 0.3 is 0 Å². The summed E-state index contributed by atoms with van der Waals surface area (Å²) in [4.78, 5) is 12.5. The van der Waals surface area contributed by atoms with E-state index >= 15 is 0 Å². The van der Waals surface area contributed by atoms with Crippen LogP contribution in [0.2, 0.25) is 0 Å². The van der Waals surface area contributed by atoms with E-state index in [0.29, 0.717) is 17.8 Å². The lowest BCUT2D eigenvalue weighted by atomic mass is 10.1. The van der Waals surface area contributed by atoms with Gasteiger partial charge < -0.3 is 10.1 Å². The number of methoxy groups -OCH3 is 1. The van der Waals surface area contributed by atoms with Crippen molar-refractivity contribution in [3.63, 3.8) is 0 Å². The van der Waals surface area contributed by atoms with Crippen molar-refractivity contribution in [1.29, 1.82) is 0 Å². The van der Waals surface area contributed by atoms with Gasteiger partial charge in [-0.3, -0.25) is 9.89 Å². The van der Waals surface area contributed by atoms with E-state index in [1.54, 1.807) is 13.3 Å². The summed E-state index contributed by atoms with van der Waals surface area (Å²) >= 11 is 0. The highest BCUT2D eigenvalue weighted by Crippen LogP contribution is 2.21. The van der Waals surface area contributed by atoms with Crippen molar-refractivity contribution in [3.05, 3.63) is 71.9 Å². The second-order valence-corrected chi connectivity index (χ2v) is 5.02. The van der Waals surface area contributed by atoms with E-state index in [9.17, 15) is 4.79 Å². The lowest BCUT2D eigenvalue weighted by molar-refractivity contribution is 0.0951. The van der Waals surface area contributed by atoms with E-state index in [4.69, 9.17) is 4.74 Å². The molecule has 0 bridgehead atoms. The maximum atomic E-state index is 12.5. The van der Waals surface area contributed by atoms with Gasteiger partial charge in [-0.15, -0.1) is 0 Å². The summed E-state index contributed by atoms with van der Waals surface area (Å²) < 4.78 is 5.29. The molecule has 5 heteroatoms. The first kappa shape index (κ1) is 14.8. The molecule has 0 spiro atoms. The molecule has 0 atom stereocenters. The number of rotatable bonds is 5. The van der Waals surface area contributed by atoms with E-state index in [1.807, 2.05) is 54.6 Å². The van der Waals surface area contributed by atoms with Gasteiger partial charge in [0, 0.05) is 17.7 Å². The summed E-state index contributed by atoms with van der Waals surface area (Å²) in [6, 6.07) is 17.3. The number of para-hydroxylation sites is 1. The topological polar surface area (TPSA) is 67.0 Å². The number of aromatic amines is 1. The Balaban J connectivity index is 1.76. The summed E-state index contributed by atoms with van der Waals surface area (Å²) in [7, 11) is 1.62. The van der Waals surface area contributed by atoms with Crippen LogP contribution in [0, 0.1) is 0 Å². The van der Waals surface area contributed by atoms with Gasteiger partial charge in [-0.2, -0.15) is 5.10 Å². The number of amides is 1. The summed E-state index contributed by atoms with van der Waals surface area (Å²) in [5.74, 6) is 0.576. The Labute approximate surface area is 134 Å². The quantitative estimate of drug-likeness (QED) is 0.761. The Morgan fingerprint density at radius 1 is 1.13 bits per heavy atom. The zero-order valence-corrected chi connectivity index (χ0v) is 12.7. The average Bonchev–Trinajstić information content (AvgIpc) is 3.10. The van der Waals surface area contributed by atoms with Crippen molar-refractivity contribution >= 4 is 5.91 Å². The Hall–Kier alpha value is -3.08. The Bertz CT molecular complexity index is 797. The first-order valence-corrected chi connectivity index (χ1v) is 7.28. The minimum atomic E-state index is -0.177. The highest BCUT2D eigenvalue weighted by Gasteiger charge is 2.15. The fraction of sp³-hybridized carbons (Fsp3) is 0.111. The third kappa shape index (κ3) is 3.23. The molecule has 23 heavy (non-hydrogen) atoms. The number of aromatic nitrogens is 2. The van der Waals surface area contributed by atoms with Crippen molar-refractivity contribution < 1.29 is 9.53 Å². The number of carbonyl (C=O) groups excluding carboxylic acids is 1. The van der Waals surface area contributed by atoms with Crippen LogP contribution in [0.5, 0.6) is 5.75 Å². The fourth-order valence-electron chi connectivity index (χ4n) is 2.40. The van der Waals surface area contributed by atoms with Crippen molar-refractivity contribution in [1.82, 2.24) is 15.5 Å². The largest absolute Gasteiger partial charge is 0.496 e. The van der Waals surface area contributed by atoms with Crippen molar-refractivity contribution in [2.24, 2.45) is 0 Å². The maximum absolute atomic E-state index is 12.5. The van der Waals surface area contributed by atoms with Crippen LogP contribution in [0.3, 0.4) is 0 Å². The zero-order valence-electron chi connectivity index (χ0n) is 12.7. The number of nitrogens with zero attached hydrogens (tertiary/aromatic N) is 1. The molecule has 0 radical (unpaired) electrons. The molecule has 3 rings (SSSR count). The van der Waals surface area contributed by atoms with Crippen LogP contribution in [0.4, 0.5) is 0 Å². The SMILES string of the molecule is COc1ccccc1CNC(=O)c1cn[nH]c1-c1ccccc1. The third-order valence-electron chi connectivity index (χ3n) is 3.58. The second-order valence-electron chi connectivity index (χ2n) is 5.02. The molecule has 2 aromatic carbocycles. The molecule has 0 fully saturated rings. The smallest absolute Gasteiger partial charge is 0.255 e. The van der Waals surface area contributed by atoms with E-state index in [2.05, 4.69) is 15.5 Å². The maximum Gasteiger partial charge on any atom is 0.255 e. The van der Waals surface area contributed by atoms with Gasteiger partial charge in [-0.25, -0.2) is 0 Å². The van der Waals surface area contributed by atoms with Crippen LogP contribution in [0.25, 0.3) is 11.3 Å². The number of hydrogen-bond acceptors (Lipinski definition) is 3. The predicted molar refractivity (Wildman–Crippen MR) is 88.2 cm³/mol. The van der Waals surface area contributed by atoms with Crippen LogP contribution in [-0.4, -0.2) is 23.2 Å². The lowest BCUT2D eigenvalue weighted by Gasteiger charge is -2.09. The van der Waals surface area contributed by atoms with Gasteiger partial charge in [0.2, 0.25) is 0 Å². The number of carbonyl (C=O) groups is 1. The van der Waals surface area contributed by atoms with Crippen molar-refractivity contribution in [2.75, 3.05) is 7.11 Å². The van der Waals surface area contributed by atoms with Gasteiger partial charge in [0.05, 0.1) is 24.6 Å². The highest BCUT2D eigenvalue weighted by molar-refractivity contribution is 5.99. The Morgan fingerprint density at radius 3 is 2.65 bits per heavy atom. The molecule has 1 heterocycles. The molecule has 1 amide bonds. The van der Waals surface area contributed by atoms with Gasteiger partial charge in [0.25, 0.3) is 5.91 Å². The van der Waals surface area contributed by atoms with Gasteiger partial charge in [0.15, 0.2) is 0 Å². The van der Waals surface area contributed by atoms with E-state index in [0.717, 1.165) is 16.9 Å². The molecule has 0 saturated carbocycles. The minimum Gasteiger partial charge on any atom is -0.496 e. The first-order chi connectivity index (χ1) is 11.3. The lowest BCUT2D eigenvalue weighted by Crippen LogP contribution is -2.23. The highest BCUT2D eigenvalue weighted by atomic mass is 16.5. The molecule has 116 valence electrons. The second kappa shape index (κ2) is 6.79. The number of benzene rings is 2. The third-order valence-corrected chi connectivity index (χ3v) is 3.58. The molecular weight excluding hydrogens is 290 g/mol. The standard InChI is InChI=1S/C18H17N3O2/c1-23-16-10-6-5-9-14(16)11-19-18(22)15-12-20-21-17(15)13-7-3-2-4-8-13/h2-10,12H,11H2,1H3,(H,19,22)(H,20,21). The van der Waals surface area contributed by atoms with Crippen LogP contribution in [0.1, 0.15) is 15.9 Å². The van der Waals surface area contributed by atoms with Gasteiger partial charge in [-0.05, 0) is 6.07 Å². The summed E-state index contributed by atoms with van der Waals surface area (Å²) in [6.07, 6.45) is 1.54. The molecule has 0 aliphatic heterocycles. The van der Waals surface area contributed by atoms with E-state index in [-0.39, 0.29) is 5.91 Å². The molecule has 3 aromatic rings. The zero-order chi connectivity index (χ0) is 16.1. The molecule has 2 N–H and O–H groups in total. The summed E-state index contributed by atoms with van der Waals surface area (Å²) in [5.41, 5.74) is 3.08. The predicted octanol–water partition coefficient (Wildman–Crippen LogP) is 3.02. The first-order valence-electron chi connectivity index (χ1n) is 7.28.